The van der Waals surface area contributed by atoms with E-state index in [9.17, 15) is 0 Å². The second-order valence-corrected chi connectivity index (χ2v) is 19.9. The lowest BCUT2D eigenvalue weighted by molar-refractivity contribution is 0.269. The Morgan fingerprint density at radius 2 is 1.42 bits per heavy atom. The smallest absolute Gasteiger partial charge is 0.192 e. The fourth-order valence-electron chi connectivity index (χ4n) is 4.01. The van der Waals surface area contributed by atoms with Gasteiger partial charge in [-0.25, -0.2) is 0 Å². The lowest BCUT2D eigenvalue weighted by Gasteiger charge is -2.50. The fraction of sp³-hybridized carbons (Fsp3) is 0.652. The van der Waals surface area contributed by atoms with E-state index in [4.69, 9.17) is 4.43 Å². The Morgan fingerprint density at radius 1 is 0.962 bits per heavy atom. The molecule has 0 aromatic heterocycles. The molecule has 3 heteroatoms. The molecule has 0 amide bonds. The molecule has 0 radical (unpaired) electrons. The van der Waals surface area contributed by atoms with Crippen LogP contribution in [0.3, 0.4) is 0 Å². The van der Waals surface area contributed by atoms with Crippen LogP contribution in [0.4, 0.5) is 0 Å². The predicted octanol–water partition coefficient (Wildman–Crippen LogP) is 7.06. The summed E-state index contributed by atoms with van der Waals surface area (Å²) in [6, 6.07) is 11.3. The van der Waals surface area contributed by atoms with E-state index in [0.717, 1.165) is 0 Å². The summed E-state index contributed by atoms with van der Waals surface area (Å²) in [5.74, 6) is 0. The van der Waals surface area contributed by atoms with Crippen molar-refractivity contribution in [2.75, 3.05) is 0 Å². The summed E-state index contributed by atoms with van der Waals surface area (Å²) in [5, 5.41) is 1.75. The molecule has 0 saturated heterocycles. The van der Waals surface area contributed by atoms with Crippen molar-refractivity contribution in [1.82, 2.24) is 0 Å². The third-order valence-corrected chi connectivity index (χ3v) is 18.0. The molecule has 1 aromatic carbocycles. The zero-order chi connectivity index (χ0) is 20.3. The van der Waals surface area contributed by atoms with Gasteiger partial charge in [0.2, 0.25) is 0 Å². The first kappa shape index (κ1) is 23.4. The lowest BCUT2D eigenvalue weighted by atomic mass is 10.2. The molecule has 0 fully saturated rings. The van der Waals surface area contributed by atoms with Crippen LogP contribution in [0.1, 0.15) is 62.3 Å². The molecular weight excluding hydrogens is 348 g/mol. The van der Waals surface area contributed by atoms with Crippen molar-refractivity contribution < 1.29 is 4.43 Å². The number of rotatable bonds is 7. The third-order valence-electron chi connectivity index (χ3n) is 6.71. The third kappa shape index (κ3) is 4.43. The maximum atomic E-state index is 7.23. The Kier molecular flexibility index (Phi) is 7.72. The topological polar surface area (TPSA) is 9.23 Å². The van der Waals surface area contributed by atoms with E-state index in [1.807, 2.05) is 0 Å². The minimum absolute atomic E-state index is 0.212. The van der Waals surface area contributed by atoms with Crippen LogP contribution in [0.5, 0.6) is 0 Å². The molecule has 1 unspecified atom stereocenters. The molecule has 1 rings (SSSR count). The first-order valence-corrected chi connectivity index (χ1v) is 15.3. The summed E-state index contributed by atoms with van der Waals surface area (Å²) >= 11 is 0. The molecule has 0 aliphatic rings. The Bertz CT molecular complexity index is 586. The van der Waals surface area contributed by atoms with Crippen molar-refractivity contribution in [2.24, 2.45) is 0 Å². The Balaban J connectivity index is 3.70. The van der Waals surface area contributed by atoms with Crippen LogP contribution < -0.4 is 5.19 Å². The zero-order valence-corrected chi connectivity index (χ0v) is 21.1. The van der Waals surface area contributed by atoms with Crippen molar-refractivity contribution in [1.29, 1.82) is 0 Å². The Hall–Kier alpha value is -0.646. The van der Waals surface area contributed by atoms with Gasteiger partial charge in [-0.2, -0.15) is 0 Å². The number of benzene rings is 1. The minimum Gasteiger partial charge on any atom is -0.413 e. The second kappa shape index (κ2) is 8.58. The van der Waals surface area contributed by atoms with Crippen LogP contribution in [-0.4, -0.2) is 22.1 Å². The molecule has 0 spiro atoms. The first-order valence-electron chi connectivity index (χ1n) is 10.2. The SMILES string of the molecule is C/C=C(\C)C(O[Si](C)(C)C(C)(C)C)[Si](c1ccccc1)(C(C)C)C(C)C. The maximum absolute atomic E-state index is 7.23. The van der Waals surface area contributed by atoms with Gasteiger partial charge in [-0.1, -0.05) is 95.6 Å². The van der Waals surface area contributed by atoms with Gasteiger partial charge in [-0.05, 0) is 43.1 Å². The van der Waals surface area contributed by atoms with Gasteiger partial charge in [0.15, 0.2) is 8.32 Å². The van der Waals surface area contributed by atoms with Gasteiger partial charge >= 0.3 is 0 Å². The molecule has 0 heterocycles. The number of hydrogen-bond donors (Lipinski definition) is 0. The monoisotopic (exact) mass is 390 g/mol. The van der Waals surface area contributed by atoms with Crippen molar-refractivity contribution in [2.45, 2.75) is 97.3 Å². The van der Waals surface area contributed by atoms with Crippen molar-refractivity contribution in [3.05, 3.63) is 42.0 Å². The zero-order valence-electron chi connectivity index (χ0n) is 19.1. The standard InChI is InChI=1S/C23H42OSi2/c1-12-20(6)22(24-25(10,11)23(7,8)9)26(18(2)3,19(4)5)21-16-14-13-15-17-21/h12-19,22H,1-11H3/b20-12+. The Morgan fingerprint density at radius 3 is 1.77 bits per heavy atom. The van der Waals surface area contributed by atoms with Crippen LogP contribution in [0, 0.1) is 0 Å². The minimum atomic E-state index is -1.98. The van der Waals surface area contributed by atoms with E-state index >= 15 is 0 Å². The van der Waals surface area contributed by atoms with Gasteiger partial charge < -0.3 is 4.43 Å². The van der Waals surface area contributed by atoms with Crippen molar-refractivity contribution >= 4 is 21.6 Å². The predicted molar refractivity (Wildman–Crippen MR) is 124 cm³/mol. The van der Waals surface area contributed by atoms with E-state index in [2.05, 4.69) is 112 Å². The van der Waals surface area contributed by atoms with Gasteiger partial charge in [0, 0.05) is 0 Å². The molecule has 0 aliphatic heterocycles. The van der Waals surface area contributed by atoms with Crippen LogP contribution in [0.15, 0.2) is 42.0 Å². The van der Waals surface area contributed by atoms with Crippen LogP contribution in [0.25, 0.3) is 0 Å². The highest BCUT2D eigenvalue weighted by Crippen LogP contribution is 2.44. The largest absolute Gasteiger partial charge is 0.413 e. The quantitative estimate of drug-likeness (QED) is 0.358. The molecule has 1 atom stereocenters. The second-order valence-electron chi connectivity index (χ2n) is 9.90. The van der Waals surface area contributed by atoms with Gasteiger partial charge in [0.05, 0.1) is 5.73 Å². The van der Waals surface area contributed by atoms with Gasteiger partial charge in [-0.3, -0.25) is 0 Å². The summed E-state index contributed by atoms with van der Waals surface area (Å²) in [7, 11) is -3.87. The highest BCUT2D eigenvalue weighted by Gasteiger charge is 2.52. The molecule has 26 heavy (non-hydrogen) atoms. The van der Waals surface area contributed by atoms with Crippen LogP contribution >= 0.6 is 0 Å². The highest BCUT2D eigenvalue weighted by atomic mass is 28.4. The maximum Gasteiger partial charge on any atom is 0.192 e. The van der Waals surface area contributed by atoms with Crippen LogP contribution in [0.2, 0.25) is 29.2 Å². The summed E-state index contributed by atoms with van der Waals surface area (Å²) in [6.45, 7) is 26.0. The van der Waals surface area contributed by atoms with Crippen LogP contribution in [-0.2, 0) is 4.43 Å². The van der Waals surface area contributed by atoms with E-state index in [-0.39, 0.29) is 10.8 Å². The van der Waals surface area contributed by atoms with E-state index < -0.39 is 16.4 Å². The highest BCUT2D eigenvalue weighted by molar-refractivity contribution is 6.96. The van der Waals surface area contributed by atoms with Gasteiger partial charge in [0.1, 0.15) is 8.07 Å². The fourth-order valence-corrected chi connectivity index (χ4v) is 12.7. The first-order chi connectivity index (χ1) is 11.8. The van der Waals surface area contributed by atoms with Gasteiger partial charge in [-0.15, -0.1) is 0 Å². The van der Waals surface area contributed by atoms with Crippen molar-refractivity contribution in [3.63, 3.8) is 0 Å². The summed E-state index contributed by atoms with van der Waals surface area (Å²) < 4.78 is 7.23. The summed E-state index contributed by atoms with van der Waals surface area (Å²) in [6.07, 6.45) is 2.28. The molecule has 1 aromatic rings. The number of allylic oxidation sites excluding steroid dienone is 1. The van der Waals surface area contributed by atoms with E-state index in [0.29, 0.717) is 11.1 Å². The number of hydrogen-bond acceptors (Lipinski definition) is 1. The molecule has 0 saturated carbocycles. The van der Waals surface area contributed by atoms with Crippen molar-refractivity contribution in [3.8, 4) is 0 Å². The normalized spacial score (nSPS) is 15.7. The summed E-state index contributed by atoms with van der Waals surface area (Å²) in [4.78, 5) is 0. The lowest BCUT2D eigenvalue weighted by Crippen LogP contribution is -2.66. The average Bonchev–Trinajstić information content (AvgIpc) is 2.53. The van der Waals surface area contributed by atoms with E-state index in [1.165, 1.54) is 10.8 Å². The molecular formula is C23H42OSi2. The van der Waals surface area contributed by atoms with Gasteiger partial charge in [0.25, 0.3) is 0 Å². The molecule has 0 bridgehead atoms. The molecule has 1 nitrogen and oxygen atoms in total. The molecule has 0 aliphatic carbocycles. The Labute approximate surface area is 165 Å². The average molecular weight is 391 g/mol. The van der Waals surface area contributed by atoms with E-state index in [1.54, 1.807) is 0 Å². The summed E-state index contributed by atoms with van der Waals surface area (Å²) in [5.41, 5.74) is 2.85. The molecule has 148 valence electrons. The molecule has 0 N–H and O–H groups in total.